The first-order chi connectivity index (χ1) is 6.75. The summed E-state index contributed by atoms with van der Waals surface area (Å²) >= 11 is 0. The molecular weight excluding hydrogens is 179 g/mol. The van der Waals surface area contributed by atoms with Crippen molar-refractivity contribution in [2.45, 2.75) is 32.3 Å². The number of halogens is 1. The number of hydrogen-bond acceptors (Lipinski definition) is 0. The maximum absolute atomic E-state index is 12.7. The summed E-state index contributed by atoms with van der Waals surface area (Å²) in [5.41, 5.74) is 1.01. The average molecular weight is 193 g/mol. The lowest BCUT2D eigenvalue weighted by Crippen LogP contribution is -2.14. The van der Waals surface area contributed by atoms with Crippen molar-refractivity contribution in [2.24, 2.45) is 0 Å². The lowest BCUT2D eigenvalue weighted by atomic mass is 10.0. The third kappa shape index (κ3) is 2.00. The van der Waals surface area contributed by atoms with Gasteiger partial charge in [0.25, 0.3) is 6.10 Å². The highest BCUT2D eigenvalue weighted by molar-refractivity contribution is 5.96. The summed E-state index contributed by atoms with van der Waals surface area (Å²) in [6, 6.07) is 6.52. The van der Waals surface area contributed by atoms with E-state index in [2.05, 4.69) is 6.92 Å². The lowest BCUT2D eigenvalue weighted by Gasteiger charge is -2.05. The van der Waals surface area contributed by atoms with E-state index >= 15 is 0 Å². The number of ketones is 1. The van der Waals surface area contributed by atoms with Gasteiger partial charge >= 0.3 is 5.78 Å². The summed E-state index contributed by atoms with van der Waals surface area (Å²) < 4.78 is 18.4. The van der Waals surface area contributed by atoms with E-state index in [9.17, 15) is 4.39 Å². The Morgan fingerprint density at radius 2 is 2.00 bits per heavy atom. The van der Waals surface area contributed by atoms with Crippen molar-refractivity contribution in [3.63, 3.8) is 0 Å². The molecule has 0 aliphatic carbocycles. The molecule has 1 heterocycles. The number of benzene rings is 1. The summed E-state index contributed by atoms with van der Waals surface area (Å²) in [5.74, 6) is 0.807. The Morgan fingerprint density at radius 3 is 2.64 bits per heavy atom. The van der Waals surface area contributed by atoms with E-state index in [1.54, 1.807) is 12.1 Å². The first-order valence-corrected chi connectivity index (χ1v) is 5.04. The maximum atomic E-state index is 12.7. The third-order valence-corrected chi connectivity index (χ3v) is 2.52. The number of hydrogen-bond donors (Lipinski definition) is 0. The molecule has 0 spiro atoms. The van der Waals surface area contributed by atoms with Crippen molar-refractivity contribution in [1.82, 2.24) is 0 Å². The number of carbonyl (C=O) groups excluding carboxylic acids is 1. The molecular formula is C12H14FO+. The molecule has 1 aliphatic rings. The minimum Gasteiger partial charge on any atom is -0.256 e. The third-order valence-electron chi connectivity index (χ3n) is 2.52. The van der Waals surface area contributed by atoms with Crippen LogP contribution in [0.2, 0.25) is 0 Å². The van der Waals surface area contributed by atoms with Crippen LogP contribution in [0.4, 0.5) is 4.39 Å². The minimum atomic E-state index is -0.196. The van der Waals surface area contributed by atoms with E-state index < -0.39 is 0 Å². The lowest BCUT2D eigenvalue weighted by molar-refractivity contribution is -0.329. The van der Waals surface area contributed by atoms with Gasteiger partial charge in [-0.05, 0) is 30.7 Å². The van der Waals surface area contributed by atoms with E-state index in [-0.39, 0.29) is 5.82 Å². The Hall–Kier alpha value is -1.18. The van der Waals surface area contributed by atoms with E-state index in [4.69, 9.17) is 4.42 Å². The van der Waals surface area contributed by atoms with Gasteiger partial charge in [-0.25, -0.2) is 4.39 Å². The molecule has 14 heavy (non-hydrogen) atoms. The van der Waals surface area contributed by atoms with Crippen LogP contribution in [0.15, 0.2) is 24.3 Å². The van der Waals surface area contributed by atoms with Gasteiger partial charge in [-0.3, -0.25) is 4.42 Å². The van der Waals surface area contributed by atoms with E-state index in [0.29, 0.717) is 6.10 Å². The normalized spacial score (nSPS) is 21.9. The van der Waals surface area contributed by atoms with Gasteiger partial charge in [-0.1, -0.05) is 0 Å². The smallest absolute Gasteiger partial charge is 0.256 e. The van der Waals surface area contributed by atoms with Gasteiger partial charge in [0.05, 0.1) is 12.0 Å². The molecule has 1 nitrogen and oxygen atoms in total. The Kier molecular flexibility index (Phi) is 2.62. The maximum Gasteiger partial charge on any atom is 0.327 e. The molecule has 0 amide bonds. The summed E-state index contributed by atoms with van der Waals surface area (Å²) in [4.78, 5) is 0. The topological polar surface area (TPSA) is 11.3 Å². The van der Waals surface area contributed by atoms with Gasteiger partial charge in [0, 0.05) is 13.3 Å². The Morgan fingerprint density at radius 1 is 1.29 bits per heavy atom. The molecule has 1 aromatic carbocycles. The highest BCUT2D eigenvalue weighted by Gasteiger charge is 2.24. The molecule has 0 N–H and O–H groups in total. The Bertz CT molecular complexity index is 340. The Labute approximate surface area is 83.3 Å². The van der Waals surface area contributed by atoms with Gasteiger partial charge in [0.15, 0.2) is 0 Å². The summed E-state index contributed by atoms with van der Waals surface area (Å²) in [7, 11) is 0. The van der Waals surface area contributed by atoms with Crippen LogP contribution in [-0.4, -0.2) is 11.9 Å². The zero-order chi connectivity index (χ0) is 9.97. The van der Waals surface area contributed by atoms with Gasteiger partial charge in [0.2, 0.25) is 0 Å². The molecule has 0 fully saturated rings. The predicted molar refractivity (Wildman–Crippen MR) is 54.0 cm³/mol. The SMILES string of the molecule is CC1CCCC(c2ccc(F)cc2)=[O+]1. The van der Waals surface area contributed by atoms with Gasteiger partial charge in [-0.15, -0.1) is 0 Å². The fourth-order valence-electron chi connectivity index (χ4n) is 1.76. The molecule has 0 saturated heterocycles. The minimum absolute atomic E-state index is 0.196. The molecule has 0 radical (unpaired) electrons. The predicted octanol–water partition coefficient (Wildman–Crippen LogP) is 3.12. The number of rotatable bonds is 1. The summed E-state index contributed by atoms with van der Waals surface area (Å²) in [5, 5.41) is 0. The van der Waals surface area contributed by atoms with Crippen molar-refractivity contribution in [3.8, 4) is 0 Å². The largest absolute Gasteiger partial charge is 0.327 e. The van der Waals surface area contributed by atoms with Crippen molar-refractivity contribution in [1.29, 1.82) is 0 Å². The van der Waals surface area contributed by atoms with Crippen LogP contribution in [0.5, 0.6) is 0 Å². The second kappa shape index (κ2) is 3.91. The molecule has 1 atom stereocenters. The second-order valence-corrected chi connectivity index (χ2v) is 3.75. The van der Waals surface area contributed by atoms with Crippen LogP contribution in [-0.2, 0) is 0 Å². The van der Waals surface area contributed by atoms with Crippen LogP contribution >= 0.6 is 0 Å². The summed E-state index contributed by atoms with van der Waals surface area (Å²) in [6.07, 6.45) is 3.54. The van der Waals surface area contributed by atoms with Crippen LogP contribution in [0.1, 0.15) is 36.2 Å². The van der Waals surface area contributed by atoms with Gasteiger partial charge < -0.3 is 0 Å². The molecule has 0 saturated carbocycles. The molecule has 2 heteroatoms. The quantitative estimate of drug-likeness (QED) is 0.607. The second-order valence-electron chi connectivity index (χ2n) is 3.75. The van der Waals surface area contributed by atoms with E-state index in [1.807, 2.05) is 0 Å². The van der Waals surface area contributed by atoms with Gasteiger partial charge in [0.1, 0.15) is 5.82 Å². The van der Waals surface area contributed by atoms with Gasteiger partial charge in [-0.2, -0.15) is 0 Å². The molecule has 1 unspecified atom stereocenters. The average Bonchev–Trinajstić information content (AvgIpc) is 2.19. The fourth-order valence-corrected chi connectivity index (χ4v) is 1.76. The first-order valence-electron chi connectivity index (χ1n) is 5.04. The highest BCUT2D eigenvalue weighted by atomic mass is 19.1. The fraction of sp³-hybridized carbons (Fsp3) is 0.417. The molecule has 1 aromatic rings. The molecule has 1 aliphatic heterocycles. The van der Waals surface area contributed by atoms with Crippen molar-refractivity contribution in [3.05, 3.63) is 35.6 Å². The van der Waals surface area contributed by atoms with Crippen molar-refractivity contribution >= 4 is 5.78 Å². The molecule has 2 rings (SSSR count). The molecule has 74 valence electrons. The zero-order valence-electron chi connectivity index (χ0n) is 8.29. The zero-order valence-corrected chi connectivity index (χ0v) is 8.29. The van der Waals surface area contributed by atoms with Crippen LogP contribution in [0, 0.1) is 5.82 Å². The van der Waals surface area contributed by atoms with Crippen molar-refractivity contribution in [2.75, 3.05) is 0 Å². The van der Waals surface area contributed by atoms with E-state index in [0.717, 1.165) is 30.6 Å². The monoisotopic (exact) mass is 193 g/mol. The van der Waals surface area contributed by atoms with Crippen LogP contribution < -0.4 is 0 Å². The molecule has 0 bridgehead atoms. The van der Waals surface area contributed by atoms with E-state index in [1.165, 1.54) is 12.1 Å². The first kappa shape index (κ1) is 9.38. The van der Waals surface area contributed by atoms with Crippen LogP contribution in [0.3, 0.4) is 0 Å². The molecule has 0 aromatic heterocycles. The Balaban J connectivity index is 2.26. The summed E-state index contributed by atoms with van der Waals surface area (Å²) in [6.45, 7) is 2.07. The van der Waals surface area contributed by atoms with Crippen LogP contribution in [0.25, 0.3) is 0 Å². The van der Waals surface area contributed by atoms with Crippen molar-refractivity contribution < 1.29 is 8.82 Å². The standard InChI is InChI=1S/C12H14FO/c1-9-3-2-4-12(14-9)10-5-7-11(13)8-6-10/h5-9H,2-4H2,1H3/q+1. The highest BCUT2D eigenvalue weighted by Crippen LogP contribution is 2.17.